The number of benzene rings is 2. The number of carbonyl (C=O) groups is 1. The predicted molar refractivity (Wildman–Crippen MR) is 104 cm³/mol. The van der Waals surface area contributed by atoms with Gasteiger partial charge in [0.2, 0.25) is 0 Å². The van der Waals surface area contributed by atoms with E-state index in [2.05, 4.69) is 15.5 Å². The minimum atomic E-state index is -0.189. The van der Waals surface area contributed by atoms with Crippen LogP contribution in [-0.4, -0.2) is 27.5 Å². The number of hydrogen-bond acceptors (Lipinski definition) is 1. The van der Waals surface area contributed by atoms with Crippen LogP contribution in [0.15, 0.2) is 54.7 Å². The van der Waals surface area contributed by atoms with E-state index in [1.54, 1.807) is 12.1 Å². The summed E-state index contributed by atoms with van der Waals surface area (Å²) in [5.41, 5.74) is 3.13. The molecular weight excluding hydrogens is 339 g/mol. The van der Waals surface area contributed by atoms with Gasteiger partial charge in [-0.05, 0) is 73.6 Å². The highest BCUT2D eigenvalue weighted by Gasteiger charge is 2.43. The number of amides is 1. The summed E-state index contributed by atoms with van der Waals surface area (Å²) in [5, 5.41) is 1.11. The Morgan fingerprint density at radius 2 is 1.70 bits per heavy atom. The summed E-state index contributed by atoms with van der Waals surface area (Å²) in [6.07, 6.45) is 6.11. The monoisotopic (exact) mass is 362 g/mol. The Kier molecular flexibility index (Phi) is 3.81. The molecule has 0 radical (unpaired) electrons. The average molecular weight is 362 g/mol. The van der Waals surface area contributed by atoms with Crippen LogP contribution in [0, 0.1) is 5.82 Å². The Bertz CT molecular complexity index is 993. The van der Waals surface area contributed by atoms with E-state index >= 15 is 0 Å². The van der Waals surface area contributed by atoms with Gasteiger partial charge in [0.25, 0.3) is 5.91 Å². The molecule has 1 aromatic heterocycles. The van der Waals surface area contributed by atoms with Crippen LogP contribution in [-0.2, 0) is 7.05 Å². The Balaban J connectivity index is 1.39. The van der Waals surface area contributed by atoms with E-state index in [-0.39, 0.29) is 23.8 Å². The maximum Gasteiger partial charge on any atom is 0.254 e. The fourth-order valence-electron chi connectivity index (χ4n) is 5.08. The molecule has 2 saturated heterocycles. The molecule has 3 nitrogen and oxygen atoms in total. The van der Waals surface area contributed by atoms with E-state index in [4.69, 9.17) is 0 Å². The SMILES string of the molecule is Cn1ccc2cc(C(=O)N3[C@@H]4CC[C@H]3C[C@@H](c3ccc(F)cc3)C4)ccc21. The molecule has 4 heteroatoms. The number of fused-ring (bicyclic) bond motifs is 3. The summed E-state index contributed by atoms with van der Waals surface area (Å²) in [5.74, 6) is 0.389. The molecule has 2 aromatic carbocycles. The zero-order valence-corrected chi connectivity index (χ0v) is 15.4. The molecule has 3 aromatic rings. The summed E-state index contributed by atoms with van der Waals surface area (Å²) in [7, 11) is 2.02. The van der Waals surface area contributed by atoms with E-state index in [1.807, 2.05) is 43.6 Å². The summed E-state index contributed by atoms with van der Waals surface area (Å²) in [6.45, 7) is 0. The van der Waals surface area contributed by atoms with Gasteiger partial charge >= 0.3 is 0 Å². The Morgan fingerprint density at radius 1 is 1.00 bits per heavy atom. The van der Waals surface area contributed by atoms with E-state index in [0.717, 1.165) is 42.1 Å². The molecule has 0 unspecified atom stereocenters. The van der Waals surface area contributed by atoms with Crippen molar-refractivity contribution in [3.8, 4) is 0 Å². The van der Waals surface area contributed by atoms with E-state index in [1.165, 1.54) is 5.56 Å². The van der Waals surface area contributed by atoms with Crippen LogP contribution in [0.1, 0.15) is 47.5 Å². The smallest absolute Gasteiger partial charge is 0.254 e. The molecule has 0 spiro atoms. The number of aromatic nitrogens is 1. The zero-order valence-electron chi connectivity index (χ0n) is 15.4. The van der Waals surface area contributed by atoms with Gasteiger partial charge in [-0.1, -0.05) is 12.1 Å². The van der Waals surface area contributed by atoms with Crippen LogP contribution < -0.4 is 0 Å². The molecule has 2 fully saturated rings. The van der Waals surface area contributed by atoms with Gasteiger partial charge in [0.1, 0.15) is 5.82 Å². The summed E-state index contributed by atoms with van der Waals surface area (Å²) >= 11 is 0. The average Bonchev–Trinajstić information content (AvgIpc) is 3.18. The first kappa shape index (κ1) is 16.5. The topological polar surface area (TPSA) is 25.2 Å². The first-order valence-electron chi connectivity index (χ1n) is 9.73. The zero-order chi connectivity index (χ0) is 18.5. The van der Waals surface area contributed by atoms with Gasteiger partial charge in [0.15, 0.2) is 0 Å². The molecule has 0 N–H and O–H groups in total. The lowest BCUT2D eigenvalue weighted by Crippen LogP contribution is -2.46. The summed E-state index contributed by atoms with van der Waals surface area (Å²) < 4.78 is 15.3. The van der Waals surface area contributed by atoms with E-state index in [9.17, 15) is 9.18 Å². The molecule has 2 aliphatic rings. The predicted octanol–water partition coefficient (Wildman–Crippen LogP) is 4.87. The maximum atomic E-state index is 13.3. The van der Waals surface area contributed by atoms with Crippen molar-refractivity contribution >= 4 is 16.8 Å². The Labute approximate surface area is 158 Å². The third-order valence-corrected chi connectivity index (χ3v) is 6.44. The van der Waals surface area contributed by atoms with Gasteiger partial charge in [-0.3, -0.25) is 4.79 Å². The number of piperidine rings is 1. The van der Waals surface area contributed by atoms with Crippen LogP contribution in [0.25, 0.3) is 10.9 Å². The van der Waals surface area contributed by atoms with Gasteiger partial charge in [-0.25, -0.2) is 4.39 Å². The molecular formula is C23H23FN2O. The van der Waals surface area contributed by atoms with Crippen LogP contribution in [0.5, 0.6) is 0 Å². The van der Waals surface area contributed by atoms with Crippen molar-refractivity contribution in [1.29, 1.82) is 0 Å². The molecule has 1 amide bonds. The number of aryl methyl sites for hydroxylation is 1. The van der Waals surface area contributed by atoms with Gasteiger partial charge in [0, 0.05) is 41.8 Å². The lowest BCUT2D eigenvalue weighted by Gasteiger charge is -2.39. The molecule has 0 aliphatic carbocycles. The minimum Gasteiger partial charge on any atom is -0.351 e. The first-order valence-corrected chi connectivity index (χ1v) is 9.73. The third kappa shape index (κ3) is 2.75. The van der Waals surface area contributed by atoms with Crippen molar-refractivity contribution in [1.82, 2.24) is 9.47 Å². The number of halogens is 1. The van der Waals surface area contributed by atoms with Crippen LogP contribution in [0.3, 0.4) is 0 Å². The Hall–Kier alpha value is -2.62. The van der Waals surface area contributed by atoms with Gasteiger partial charge in [-0.15, -0.1) is 0 Å². The molecule has 0 saturated carbocycles. The highest BCUT2D eigenvalue weighted by atomic mass is 19.1. The lowest BCUT2D eigenvalue weighted by molar-refractivity contribution is 0.0571. The van der Waals surface area contributed by atoms with Crippen molar-refractivity contribution in [2.75, 3.05) is 0 Å². The number of hydrogen-bond donors (Lipinski definition) is 0. The molecule has 3 heterocycles. The molecule has 27 heavy (non-hydrogen) atoms. The summed E-state index contributed by atoms with van der Waals surface area (Å²) in [6, 6.07) is 15.5. The van der Waals surface area contributed by atoms with Gasteiger partial charge in [-0.2, -0.15) is 0 Å². The normalized spacial score (nSPS) is 24.5. The lowest BCUT2D eigenvalue weighted by atomic mass is 9.84. The van der Waals surface area contributed by atoms with E-state index in [0.29, 0.717) is 5.92 Å². The fraction of sp³-hybridized carbons (Fsp3) is 0.348. The maximum absolute atomic E-state index is 13.3. The van der Waals surface area contributed by atoms with Crippen molar-refractivity contribution in [3.63, 3.8) is 0 Å². The largest absolute Gasteiger partial charge is 0.351 e. The number of rotatable bonds is 2. The molecule has 3 atom stereocenters. The van der Waals surface area contributed by atoms with Crippen molar-refractivity contribution in [2.24, 2.45) is 7.05 Å². The molecule has 2 bridgehead atoms. The summed E-state index contributed by atoms with van der Waals surface area (Å²) in [4.78, 5) is 15.4. The van der Waals surface area contributed by atoms with Gasteiger partial charge in [0.05, 0.1) is 0 Å². The minimum absolute atomic E-state index is 0.158. The highest BCUT2D eigenvalue weighted by Crippen LogP contribution is 2.43. The van der Waals surface area contributed by atoms with Gasteiger partial charge < -0.3 is 9.47 Å². The number of carbonyl (C=O) groups excluding carboxylic acids is 1. The van der Waals surface area contributed by atoms with Crippen LogP contribution >= 0.6 is 0 Å². The molecule has 2 aliphatic heterocycles. The van der Waals surface area contributed by atoms with Crippen molar-refractivity contribution in [3.05, 3.63) is 71.7 Å². The van der Waals surface area contributed by atoms with Crippen LogP contribution in [0.2, 0.25) is 0 Å². The molecule has 138 valence electrons. The standard InChI is InChI=1S/C23H23FN2O/c1-25-11-10-16-12-17(4-9-22(16)25)23(27)26-20-7-8-21(26)14-18(13-20)15-2-5-19(24)6-3-15/h2-6,9-12,18,20-21H,7-8,13-14H2,1H3/t18-,20+,21-. The highest BCUT2D eigenvalue weighted by molar-refractivity contribution is 5.98. The second kappa shape index (κ2) is 6.22. The fourth-order valence-corrected chi connectivity index (χ4v) is 5.08. The van der Waals surface area contributed by atoms with Crippen molar-refractivity contribution < 1.29 is 9.18 Å². The quantitative estimate of drug-likeness (QED) is 0.639. The number of nitrogens with zero attached hydrogens (tertiary/aromatic N) is 2. The van der Waals surface area contributed by atoms with E-state index < -0.39 is 0 Å². The second-order valence-corrected chi connectivity index (χ2v) is 8.02. The van der Waals surface area contributed by atoms with Crippen molar-refractivity contribution in [2.45, 2.75) is 43.7 Å². The Morgan fingerprint density at radius 3 is 2.41 bits per heavy atom. The first-order chi connectivity index (χ1) is 13.1. The molecule has 5 rings (SSSR count). The van der Waals surface area contributed by atoms with Crippen LogP contribution in [0.4, 0.5) is 4.39 Å². The third-order valence-electron chi connectivity index (χ3n) is 6.44. The second-order valence-electron chi connectivity index (χ2n) is 8.02.